The minimum atomic E-state index is -0.289. The summed E-state index contributed by atoms with van der Waals surface area (Å²) in [5, 5.41) is 4.39. The van der Waals surface area contributed by atoms with Gasteiger partial charge >= 0.3 is 0 Å². The van der Waals surface area contributed by atoms with Crippen LogP contribution in [-0.4, -0.2) is 0 Å². The van der Waals surface area contributed by atoms with Crippen molar-refractivity contribution in [3.05, 3.63) is 69.5 Å². The first-order valence-corrected chi connectivity index (χ1v) is 6.74. The molecule has 0 heterocycles. The summed E-state index contributed by atoms with van der Waals surface area (Å²) in [6, 6.07) is 12.4. The van der Waals surface area contributed by atoms with E-state index in [1.54, 1.807) is 12.1 Å². The van der Waals surface area contributed by atoms with Crippen molar-refractivity contribution in [2.24, 2.45) is 0 Å². The van der Waals surface area contributed by atoms with Crippen LogP contribution in [0.5, 0.6) is 0 Å². The first-order valence-electron chi connectivity index (χ1n) is 5.99. The van der Waals surface area contributed by atoms with E-state index in [-0.39, 0.29) is 11.9 Å². The van der Waals surface area contributed by atoms with Crippen molar-refractivity contribution in [1.29, 1.82) is 0 Å². The second-order valence-electron chi connectivity index (χ2n) is 4.39. The second kappa shape index (κ2) is 6.38. The molecule has 0 radical (unpaired) electrons. The number of halogens is 3. The van der Waals surface area contributed by atoms with Crippen LogP contribution in [0.4, 0.5) is 4.39 Å². The first-order chi connectivity index (χ1) is 9.06. The van der Waals surface area contributed by atoms with Crippen LogP contribution in [0.2, 0.25) is 10.0 Å². The molecule has 0 unspecified atom stereocenters. The van der Waals surface area contributed by atoms with Gasteiger partial charge < -0.3 is 5.32 Å². The zero-order valence-corrected chi connectivity index (χ0v) is 12.0. The van der Waals surface area contributed by atoms with Crippen LogP contribution in [0.25, 0.3) is 0 Å². The van der Waals surface area contributed by atoms with Crippen molar-refractivity contribution in [3.63, 3.8) is 0 Å². The molecule has 0 saturated carbocycles. The second-order valence-corrected chi connectivity index (χ2v) is 5.26. The molecule has 0 aliphatic carbocycles. The standard InChI is InChI=1S/C15H14Cl2FN/c1-10(11-2-5-13(16)6-3-11)19-9-12-4-7-14(17)8-15(12)18/h2-8,10,19H,9H2,1H3/t10-/m1/s1. The van der Waals surface area contributed by atoms with Gasteiger partial charge in [0.05, 0.1) is 0 Å². The van der Waals surface area contributed by atoms with Crippen LogP contribution in [0.3, 0.4) is 0 Å². The highest BCUT2D eigenvalue weighted by Crippen LogP contribution is 2.18. The maximum absolute atomic E-state index is 13.6. The highest BCUT2D eigenvalue weighted by atomic mass is 35.5. The molecule has 0 spiro atoms. The third-order valence-corrected chi connectivity index (χ3v) is 3.47. The third kappa shape index (κ3) is 3.93. The molecule has 2 rings (SSSR count). The fraction of sp³-hybridized carbons (Fsp3) is 0.200. The zero-order valence-electron chi connectivity index (χ0n) is 10.5. The van der Waals surface area contributed by atoms with Gasteiger partial charge in [0.25, 0.3) is 0 Å². The number of benzene rings is 2. The molecule has 0 aliphatic rings. The van der Waals surface area contributed by atoms with Crippen molar-refractivity contribution >= 4 is 23.2 Å². The highest BCUT2D eigenvalue weighted by Gasteiger charge is 2.07. The maximum atomic E-state index is 13.6. The normalized spacial score (nSPS) is 12.4. The Bertz CT molecular complexity index is 555. The zero-order chi connectivity index (χ0) is 13.8. The Kier molecular flexibility index (Phi) is 4.81. The minimum Gasteiger partial charge on any atom is -0.306 e. The summed E-state index contributed by atoms with van der Waals surface area (Å²) >= 11 is 11.6. The lowest BCUT2D eigenvalue weighted by Gasteiger charge is -2.14. The van der Waals surface area contributed by atoms with Gasteiger partial charge in [-0.25, -0.2) is 4.39 Å². The number of hydrogen-bond donors (Lipinski definition) is 1. The predicted molar refractivity (Wildman–Crippen MR) is 78.1 cm³/mol. The molecule has 2 aromatic carbocycles. The van der Waals surface area contributed by atoms with Gasteiger partial charge in [-0.1, -0.05) is 41.4 Å². The molecule has 100 valence electrons. The van der Waals surface area contributed by atoms with Gasteiger partial charge in [-0.05, 0) is 36.8 Å². The van der Waals surface area contributed by atoms with Crippen LogP contribution >= 0.6 is 23.2 Å². The molecule has 0 amide bonds. The summed E-state index contributed by atoms with van der Waals surface area (Å²) in [6.07, 6.45) is 0. The van der Waals surface area contributed by atoms with Gasteiger partial charge in [-0.3, -0.25) is 0 Å². The molecule has 1 atom stereocenters. The van der Waals surface area contributed by atoms with Crippen molar-refractivity contribution in [3.8, 4) is 0 Å². The predicted octanol–water partition coefficient (Wildman–Crippen LogP) is 4.98. The van der Waals surface area contributed by atoms with Gasteiger partial charge in [0.15, 0.2) is 0 Å². The molecule has 4 heteroatoms. The van der Waals surface area contributed by atoms with E-state index in [1.807, 2.05) is 31.2 Å². The SMILES string of the molecule is C[C@@H](NCc1ccc(Cl)cc1F)c1ccc(Cl)cc1. The molecule has 0 bridgehead atoms. The van der Waals surface area contributed by atoms with Gasteiger partial charge in [-0.2, -0.15) is 0 Å². The smallest absolute Gasteiger partial charge is 0.129 e. The summed E-state index contributed by atoms with van der Waals surface area (Å²) in [5.41, 5.74) is 1.71. The first kappa shape index (κ1) is 14.3. The minimum absolute atomic E-state index is 0.118. The Morgan fingerprint density at radius 1 is 1.05 bits per heavy atom. The van der Waals surface area contributed by atoms with Crippen LogP contribution in [0.15, 0.2) is 42.5 Å². The molecule has 0 saturated heterocycles. The van der Waals surface area contributed by atoms with Crippen molar-refractivity contribution in [1.82, 2.24) is 5.32 Å². The van der Waals surface area contributed by atoms with Crippen LogP contribution in [0.1, 0.15) is 24.1 Å². The third-order valence-electron chi connectivity index (χ3n) is 2.98. The lowest BCUT2D eigenvalue weighted by atomic mass is 10.1. The van der Waals surface area contributed by atoms with Gasteiger partial charge in [-0.15, -0.1) is 0 Å². The van der Waals surface area contributed by atoms with E-state index in [4.69, 9.17) is 23.2 Å². The molecule has 1 nitrogen and oxygen atoms in total. The molecule has 0 fully saturated rings. The fourth-order valence-electron chi connectivity index (χ4n) is 1.80. The molecule has 0 aliphatic heterocycles. The lowest BCUT2D eigenvalue weighted by Crippen LogP contribution is -2.18. The van der Waals surface area contributed by atoms with Crippen molar-refractivity contribution < 1.29 is 4.39 Å². The monoisotopic (exact) mass is 297 g/mol. The van der Waals surface area contributed by atoms with Gasteiger partial charge in [0.1, 0.15) is 5.82 Å². The van der Waals surface area contributed by atoms with Crippen LogP contribution in [0, 0.1) is 5.82 Å². The number of hydrogen-bond acceptors (Lipinski definition) is 1. The van der Waals surface area contributed by atoms with E-state index >= 15 is 0 Å². The quantitative estimate of drug-likeness (QED) is 0.839. The Morgan fingerprint density at radius 3 is 2.32 bits per heavy atom. The molecule has 0 aromatic heterocycles. The average molecular weight is 298 g/mol. The summed E-state index contributed by atoms with van der Waals surface area (Å²) in [6.45, 7) is 2.48. The summed E-state index contributed by atoms with van der Waals surface area (Å²) in [7, 11) is 0. The largest absolute Gasteiger partial charge is 0.306 e. The topological polar surface area (TPSA) is 12.0 Å². The maximum Gasteiger partial charge on any atom is 0.129 e. The molecule has 1 N–H and O–H groups in total. The highest BCUT2D eigenvalue weighted by molar-refractivity contribution is 6.30. The summed E-state index contributed by atoms with van der Waals surface area (Å²) < 4.78 is 13.6. The van der Waals surface area contributed by atoms with Gasteiger partial charge in [0.2, 0.25) is 0 Å². The Balaban J connectivity index is 2.00. The number of nitrogens with one attached hydrogen (secondary N) is 1. The molecular weight excluding hydrogens is 284 g/mol. The fourth-order valence-corrected chi connectivity index (χ4v) is 2.08. The van der Waals surface area contributed by atoms with E-state index in [9.17, 15) is 4.39 Å². The van der Waals surface area contributed by atoms with Crippen LogP contribution in [-0.2, 0) is 6.54 Å². The Hall–Kier alpha value is -1.09. The van der Waals surface area contributed by atoms with E-state index in [2.05, 4.69) is 5.32 Å². The summed E-state index contributed by atoms with van der Waals surface area (Å²) in [4.78, 5) is 0. The van der Waals surface area contributed by atoms with Gasteiger partial charge in [0, 0.05) is 28.2 Å². The van der Waals surface area contributed by atoms with E-state index < -0.39 is 0 Å². The summed E-state index contributed by atoms with van der Waals surface area (Å²) in [5.74, 6) is -0.289. The molecular formula is C15H14Cl2FN. The van der Waals surface area contributed by atoms with Crippen molar-refractivity contribution in [2.75, 3.05) is 0 Å². The molecule has 19 heavy (non-hydrogen) atoms. The van der Waals surface area contributed by atoms with E-state index in [0.717, 1.165) is 5.56 Å². The van der Waals surface area contributed by atoms with Crippen LogP contribution < -0.4 is 5.32 Å². The lowest BCUT2D eigenvalue weighted by molar-refractivity contribution is 0.544. The van der Waals surface area contributed by atoms with Crippen molar-refractivity contribution in [2.45, 2.75) is 19.5 Å². The molecule has 2 aromatic rings. The van der Waals surface area contributed by atoms with E-state index in [0.29, 0.717) is 22.2 Å². The Labute approximate surface area is 122 Å². The van der Waals surface area contributed by atoms with E-state index in [1.165, 1.54) is 6.07 Å². The Morgan fingerprint density at radius 2 is 1.68 bits per heavy atom. The number of rotatable bonds is 4. The average Bonchev–Trinajstić information content (AvgIpc) is 2.38.